The smallest absolute Gasteiger partial charge is 0.242 e. The van der Waals surface area contributed by atoms with E-state index in [0.717, 1.165) is 0 Å². The topological polar surface area (TPSA) is 67.6 Å². The number of aryl methyl sites for hydroxylation is 1. The summed E-state index contributed by atoms with van der Waals surface area (Å²) in [5, 5.41) is 6.72. The van der Waals surface area contributed by atoms with Crippen molar-refractivity contribution in [3.05, 3.63) is 53.2 Å². The lowest BCUT2D eigenvalue weighted by molar-refractivity contribution is -0.128. The monoisotopic (exact) mass is 333 g/mol. The summed E-state index contributed by atoms with van der Waals surface area (Å²) in [6, 6.07) is 7.37. The van der Waals surface area contributed by atoms with Crippen molar-refractivity contribution in [3.8, 4) is 0 Å². The Labute approximate surface area is 139 Å². The third-order valence-electron chi connectivity index (χ3n) is 3.94. The van der Waals surface area contributed by atoms with Gasteiger partial charge >= 0.3 is 0 Å². The third-order valence-corrected chi connectivity index (χ3v) is 3.94. The summed E-state index contributed by atoms with van der Waals surface area (Å²) in [7, 11) is 0. The van der Waals surface area contributed by atoms with Crippen molar-refractivity contribution in [1.82, 2.24) is 15.4 Å². The maximum atomic E-state index is 13.6. The van der Waals surface area contributed by atoms with Gasteiger partial charge in [-0.1, -0.05) is 17.3 Å². The van der Waals surface area contributed by atoms with Crippen LogP contribution in [0.2, 0.25) is 0 Å². The van der Waals surface area contributed by atoms with Gasteiger partial charge in [-0.3, -0.25) is 9.69 Å². The Balaban J connectivity index is 1.76. The first-order valence-electron chi connectivity index (χ1n) is 7.90. The minimum atomic E-state index is -0.558. The molecule has 2 heterocycles. The number of amides is 1. The van der Waals surface area contributed by atoms with Crippen LogP contribution in [0.4, 0.5) is 4.39 Å². The van der Waals surface area contributed by atoms with Gasteiger partial charge in [-0.2, -0.15) is 0 Å². The standard InChI is InChI=1S/C17H20FN3O3/c1-12-9-15(20-24-12)11-19-17(22)16(21-5-7-23-8-6-21)13-3-2-4-14(18)10-13/h2-4,9-10,16H,5-8,11H2,1H3,(H,19,22)/t16-/m0/s1. The van der Waals surface area contributed by atoms with E-state index in [1.165, 1.54) is 12.1 Å². The van der Waals surface area contributed by atoms with Gasteiger partial charge in [0.05, 0.1) is 19.8 Å². The van der Waals surface area contributed by atoms with Crippen molar-refractivity contribution < 1.29 is 18.4 Å². The summed E-state index contributed by atoms with van der Waals surface area (Å²) >= 11 is 0. The average Bonchev–Trinajstić information content (AvgIpc) is 3.00. The van der Waals surface area contributed by atoms with Crippen LogP contribution in [0.15, 0.2) is 34.9 Å². The highest BCUT2D eigenvalue weighted by molar-refractivity contribution is 5.83. The maximum Gasteiger partial charge on any atom is 0.242 e. The van der Waals surface area contributed by atoms with Crippen molar-refractivity contribution in [2.75, 3.05) is 26.3 Å². The number of hydrogen-bond donors (Lipinski definition) is 1. The number of nitrogens with zero attached hydrogens (tertiary/aromatic N) is 2. The quantitative estimate of drug-likeness (QED) is 0.904. The van der Waals surface area contributed by atoms with Gasteiger partial charge in [0.15, 0.2) is 0 Å². The second-order valence-electron chi connectivity index (χ2n) is 5.75. The molecule has 0 radical (unpaired) electrons. The van der Waals surface area contributed by atoms with E-state index in [-0.39, 0.29) is 18.3 Å². The maximum absolute atomic E-state index is 13.6. The second kappa shape index (κ2) is 7.55. The molecule has 1 aliphatic rings. The van der Waals surface area contributed by atoms with Crippen molar-refractivity contribution in [1.29, 1.82) is 0 Å². The van der Waals surface area contributed by atoms with Gasteiger partial charge in [-0.15, -0.1) is 0 Å². The van der Waals surface area contributed by atoms with Crippen LogP contribution < -0.4 is 5.32 Å². The molecule has 1 aliphatic heterocycles. The summed E-state index contributed by atoms with van der Waals surface area (Å²) in [6.45, 7) is 4.42. The van der Waals surface area contributed by atoms with Crippen molar-refractivity contribution >= 4 is 5.91 Å². The SMILES string of the molecule is Cc1cc(CNC(=O)[C@H](c2cccc(F)c2)N2CCOCC2)no1. The molecule has 0 aliphatic carbocycles. The minimum Gasteiger partial charge on any atom is -0.379 e. The number of halogens is 1. The lowest BCUT2D eigenvalue weighted by Crippen LogP contribution is -2.45. The summed E-state index contributed by atoms with van der Waals surface area (Å²) < 4.78 is 24.0. The van der Waals surface area contributed by atoms with E-state index in [4.69, 9.17) is 9.26 Å². The van der Waals surface area contributed by atoms with Gasteiger partial charge in [0, 0.05) is 19.2 Å². The normalized spacial score (nSPS) is 16.8. The fraction of sp³-hybridized carbons (Fsp3) is 0.412. The van der Waals surface area contributed by atoms with Crippen LogP contribution in [-0.4, -0.2) is 42.3 Å². The molecular formula is C17H20FN3O3. The number of morpholine rings is 1. The lowest BCUT2D eigenvalue weighted by atomic mass is 10.0. The van der Waals surface area contributed by atoms with Gasteiger partial charge in [0.2, 0.25) is 5.91 Å². The molecule has 7 heteroatoms. The molecule has 6 nitrogen and oxygen atoms in total. The van der Waals surface area contributed by atoms with E-state index < -0.39 is 6.04 Å². The highest BCUT2D eigenvalue weighted by atomic mass is 19.1. The van der Waals surface area contributed by atoms with Crippen LogP contribution in [0.3, 0.4) is 0 Å². The summed E-state index contributed by atoms with van der Waals surface area (Å²) in [5.74, 6) is 0.142. The number of benzene rings is 1. The largest absolute Gasteiger partial charge is 0.379 e. The number of ether oxygens (including phenoxy) is 1. The number of rotatable bonds is 5. The van der Waals surface area contributed by atoms with Crippen LogP contribution in [0.25, 0.3) is 0 Å². The van der Waals surface area contributed by atoms with E-state index in [1.807, 2.05) is 4.90 Å². The Morgan fingerprint density at radius 1 is 1.38 bits per heavy atom. The van der Waals surface area contributed by atoms with E-state index in [0.29, 0.717) is 43.3 Å². The molecule has 2 aromatic rings. The van der Waals surface area contributed by atoms with Gasteiger partial charge in [-0.25, -0.2) is 4.39 Å². The molecule has 1 fully saturated rings. The molecule has 24 heavy (non-hydrogen) atoms. The molecule has 1 N–H and O–H groups in total. The lowest BCUT2D eigenvalue weighted by Gasteiger charge is -2.33. The molecule has 0 saturated carbocycles. The number of carbonyl (C=O) groups excluding carboxylic acids is 1. The van der Waals surface area contributed by atoms with E-state index in [2.05, 4.69) is 10.5 Å². The predicted octanol–water partition coefficient (Wildman–Crippen LogP) is 1.81. The Hall–Kier alpha value is -2.25. The molecule has 0 spiro atoms. The zero-order valence-corrected chi connectivity index (χ0v) is 13.5. The summed E-state index contributed by atoms with van der Waals surface area (Å²) in [5.41, 5.74) is 1.28. The fourth-order valence-corrected chi connectivity index (χ4v) is 2.82. The molecule has 0 unspecified atom stereocenters. The molecule has 1 saturated heterocycles. The zero-order valence-electron chi connectivity index (χ0n) is 13.5. The predicted molar refractivity (Wildman–Crippen MR) is 84.6 cm³/mol. The van der Waals surface area contributed by atoms with Crippen molar-refractivity contribution in [2.24, 2.45) is 0 Å². The Bertz CT molecular complexity index is 698. The second-order valence-corrected chi connectivity index (χ2v) is 5.75. The molecule has 128 valence electrons. The van der Waals surface area contributed by atoms with Crippen LogP contribution in [0.1, 0.15) is 23.1 Å². The van der Waals surface area contributed by atoms with Crippen LogP contribution in [0, 0.1) is 12.7 Å². The minimum absolute atomic E-state index is 0.192. The van der Waals surface area contributed by atoms with Gasteiger partial charge < -0.3 is 14.6 Å². The van der Waals surface area contributed by atoms with Crippen molar-refractivity contribution in [2.45, 2.75) is 19.5 Å². The summed E-state index contributed by atoms with van der Waals surface area (Å²) in [4.78, 5) is 14.8. The molecule has 1 aromatic carbocycles. The Morgan fingerprint density at radius 2 is 2.17 bits per heavy atom. The number of hydrogen-bond acceptors (Lipinski definition) is 5. The molecule has 3 rings (SSSR count). The highest BCUT2D eigenvalue weighted by Crippen LogP contribution is 2.23. The summed E-state index contributed by atoms with van der Waals surface area (Å²) in [6.07, 6.45) is 0. The highest BCUT2D eigenvalue weighted by Gasteiger charge is 2.29. The van der Waals surface area contributed by atoms with Gasteiger partial charge in [0.25, 0.3) is 0 Å². The van der Waals surface area contributed by atoms with E-state index in [9.17, 15) is 9.18 Å². The molecule has 0 bridgehead atoms. The van der Waals surface area contributed by atoms with Gasteiger partial charge in [-0.05, 0) is 24.6 Å². The third kappa shape index (κ3) is 3.98. The van der Waals surface area contributed by atoms with Crippen molar-refractivity contribution in [3.63, 3.8) is 0 Å². The first kappa shape index (κ1) is 16.6. The molecule has 1 amide bonds. The molecule has 1 atom stereocenters. The van der Waals surface area contributed by atoms with E-state index >= 15 is 0 Å². The van der Waals surface area contributed by atoms with Crippen LogP contribution in [0.5, 0.6) is 0 Å². The zero-order chi connectivity index (χ0) is 16.9. The number of nitrogens with one attached hydrogen (secondary N) is 1. The van der Waals surface area contributed by atoms with E-state index in [1.54, 1.807) is 25.1 Å². The number of aromatic nitrogens is 1. The fourth-order valence-electron chi connectivity index (χ4n) is 2.82. The number of carbonyl (C=O) groups is 1. The first-order chi connectivity index (χ1) is 11.6. The van der Waals surface area contributed by atoms with Gasteiger partial charge in [0.1, 0.15) is 23.3 Å². The molecular weight excluding hydrogens is 313 g/mol. The molecule has 1 aromatic heterocycles. The van der Waals surface area contributed by atoms with Crippen LogP contribution >= 0.6 is 0 Å². The average molecular weight is 333 g/mol. The Kier molecular flexibility index (Phi) is 5.22. The van der Waals surface area contributed by atoms with Crippen LogP contribution in [-0.2, 0) is 16.1 Å². The Morgan fingerprint density at radius 3 is 2.83 bits per heavy atom. The first-order valence-corrected chi connectivity index (χ1v) is 7.90.